The Morgan fingerprint density at radius 1 is 1.29 bits per heavy atom. The maximum Gasteiger partial charge on any atom is 0.211 e. The van der Waals surface area contributed by atoms with Crippen molar-refractivity contribution in [2.75, 3.05) is 19.8 Å². The Morgan fingerprint density at radius 3 is 2.43 bits per heavy atom. The van der Waals surface area contributed by atoms with E-state index in [2.05, 4.69) is 37.9 Å². The largest absolute Gasteiger partial charge is 0.299 e. The van der Waals surface area contributed by atoms with Crippen molar-refractivity contribution in [3.05, 3.63) is 35.9 Å². The molecular weight excluding hydrogens is 284 g/mol. The van der Waals surface area contributed by atoms with Crippen molar-refractivity contribution in [2.24, 2.45) is 0 Å². The van der Waals surface area contributed by atoms with Gasteiger partial charge < -0.3 is 0 Å². The van der Waals surface area contributed by atoms with Gasteiger partial charge in [0.2, 0.25) is 10.0 Å². The van der Waals surface area contributed by atoms with Crippen LogP contribution in [-0.4, -0.2) is 55.6 Å². The lowest BCUT2D eigenvalue weighted by Crippen LogP contribution is -2.48. The number of benzene rings is 1. The van der Waals surface area contributed by atoms with E-state index in [9.17, 15) is 8.42 Å². The van der Waals surface area contributed by atoms with Crippen LogP contribution in [0, 0.1) is 0 Å². The lowest BCUT2D eigenvalue weighted by atomic mass is 9.99. The Balaban J connectivity index is 2.27. The molecular formula is C16H26N2O2S. The molecule has 1 saturated heterocycles. The number of likely N-dealkylation sites (N-methyl/N-ethyl adjacent to an activating group) is 1. The first-order valence-electron chi connectivity index (χ1n) is 7.53. The lowest BCUT2D eigenvalue weighted by molar-refractivity contribution is 0.164. The summed E-state index contributed by atoms with van der Waals surface area (Å²) in [6, 6.07) is 10.9. The number of rotatable bonds is 5. The van der Waals surface area contributed by atoms with Gasteiger partial charge in [-0.15, -0.1) is 0 Å². The fraction of sp³-hybridized carbons (Fsp3) is 0.625. The van der Waals surface area contributed by atoms with Crippen LogP contribution in [0.15, 0.2) is 30.3 Å². The van der Waals surface area contributed by atoms with E-state index in [1.165, 1.54) is 11.8 Å². The van der Waals surface area contributed by atoms with E-state index in [1.54, 1.807) is 4.31 Å². The van der Waals surface area contributed by atoms with Gasteiger partial charge in [-0.3, -0.25) is 4.90 Å². The van der Waals surface area contributed by atoms with Gasteiger partial charge in [0.05, 0.1) is 6.26 Å². The first-order chi connectivity index (χ1) is 9.80. The topological polar surface area (TPSA) is 40.6 Å². The van der Waals surface area contributed by atoms with Crippen LogP contribution in [0.25, 0.3) is 0 Å². The van der Waals surface area contributed by atoms with Crippen LogP contribution >= 0.6 is 0 Å². The number of nitrogens with zero attached hydrogens (tertiary/aromatic N) is 2. The van der Waals surface area contributed by atoms with E-state index >= 15 is 0 Å². The average Bonchev–Trinajstić information content (AvgIpc) is 2.82. The fourth-order valence-electron chi connectivity index (χ4n) is 3.17. The Bertz CT molecular complexity index is 557. The summed E-state index contributed by atoms with van der Waals surface area (Å²) < 4.78 is 25.8. The van der Waals surface area contributed by atoms with Crippen molar-refractivity contribution in [1.29, 1.82) is 0 Å². The van der Waals surface area contributed by atoms with Gasteiger partial charge in [0, 0.05) is 24.7 Å². The molecule has 1 aliphatic rings. The second kappa shape index (κ2) is 6.46. The van der Waals surface area contributed by atoms with Crippen molar-refractivity contribution < 1.29 is 8.42 Å². The summed E-state index contributed by atoms with van der Waals surface area (Å²) in [5.74, 6) is 0. The van der Waals surface area contributed by atoms with Gasteiger partial charge in [0.1, 0.15) is 0 Å². The van der Waals surface area contributed by atoms with Gasteiger partial charge in [0.25, 0.3) is 0 Å². The zero-order chi connectivity index (χ0) is 15.6. The standard InChI is InChI=1S/C16H26N2O2S/c1-13(2)17(3)15-10-11-18(21(4,19)20)16(15)12-14-8-6-5-7-9-14/h5-9,13,15-16H,10-12H2,1-4H3/t15-,16+/m1/s1. The molecule has 0 radical (unpaired) electrons. The third kappa shape index (κ3) is 3.84. The summed E-state index contributed by atoms with van der Waals surface area (Å²) in [6.07, 6.45) is 3.00. The molecule has 0 amide bonds. The summed E-state index contributed by atoms with van der Waals surface area (Å²) in [5.41, 5.74) is 1.19. The molecule has 4 nitrogen and oxygen atoms in total. The molecule has 118 valence electrons. The number of hydrogen-bond acceptors (Lipinski definition) is 3. The van der Waals surface area contributed by atoms with Crippen LogP contribution in [0.1, 0.15) is 25.8 Å². The summed E-state index contributed by atoms with van der Waals surface area (Å²) in [6.45, 7) is 4.93. The molecule has 1 aliphatic heterocycles. The minimum Gasteiger partial charge on any atom is -0.299 e. The van der Waals surface area contributed by atoms with E-state index in [4.69, 9.17) is 0 Å². The zero-order valence-electron chi connectivity index (χ0n) is 13.4. The third-order valence-electron chi connectivity index (χ3n) is 4.51. The van der Waals surface area contributed by atoms with Crippen molar-refractivity contribution in [3.8, 4) is 0 Å². The van der Waals surface area contributed by atoms with Gasteiger partial charge in [-0.05, 0) is 39.3 Å². The molecule has 1 aromatic rings. The van der Waals surface area contributed by atoms with Crippen molar-refractivity contribution >= 4 is 10.0 Å². The molecule has 0 bridgehead atoms. The Morgan fingerprint density at radius 2 is 1.90 bits per heavy atom. The van der Waals surface area contributed by atoms with Crippen LogP contribution < -0.4 is 0 Å². The van der Waals surface area contributed by atoms with Gasteiger partial charge >= 0.3 is 0 Å². The van der Waals surface area contributed by atoms with Gasteiger partial charge in [-0.2, -0.15) is 4.31 Å². The van der Waals surface area contributed by atoms with Crippen LogP contribution in [0.4, 0.5) is 0 Å². The van der Waals surface area contributed by atoms with Crippen LogP contribution in [0.2, 0.25) is 0 Å². The Hall–Kier alpha value is -0.910. The molecule has 0 unspecified atom stereocenters. The molecule has 0 N–H and O–H groups in total. The highest BCUT2D eigenvalue weighted by Crippen LogP contribution is 2.28. The van der Waals surface area contributed by atoms with E-state index < -0.39 is 10.0 Å². The summed E-state index contributed by atoms with van der Waals surface area (Å²) in [4.78, 5) is 2.30. The molecule has 21 heavy (non-hydrogen) atoms. The fourth-order valence-corrected chi connectivity index (χ4v) is 4.32. The van der Waals surface area contributed by atoms with E-state index in [0.717, 1.165) is 12.8 Å². The quantitative estimate of drug-likeness (QED) is 0.835. The molecule has 0 saturated carbocycles. The third-order valence-corrected chi connectivity index (χ3v) is 5.82. The van der Waals surface area contributed by atoms with Crippen LogP contribution in [0.3, 0.4) is 0 Å². The molecule has 1 fully saturated rings. The summed E-state index contributed by atoms with van der Waals surface area (Å²) in [5, 5.41) is 0. The van der Waals surface area contributed by atoms with E-state index in [-0.39, 0.29) is 12.1 Å². The summed E-state index contributed by atoms with van der Waals surface area (Å²) in [7, 11) is -1.06. The predicted molar refractivity (Wildman–Crippen MR) is 86.8 cm³/mol. The SMILES string of the molecule is CC(C)N(C)[C@@H]1CCN(S(C)(=O)=O)[C@H]1Cc1ccccc1. The molecule has 5 heteroatoms. The van der Waals surface area contributed by atoms with Crippen LogP contribution in [-0.2, 0) is 16.4 Å². The Labute approximate surface area is 128 Å². The molecule has 1 aromatic carbocycles. The molecule has 0 spiro atoms. The lowest BCUT2D eigenvalue weighted by Gasteiger charge is -2.34. The normalized spacial score (nSPS) is 24.1. The maximum absolute atomic E-state index is 12.1. The number of hydrogen-bond donors (Lipinski definition) is 0. The Kier molecular flexibility index (Phi) is 5.07. The van der Waals surface area contributed by atoms with Crippen molar-refractivity contribution in [2.45, 2.75) is 44.8 Å². The minimum atomic E-state index is -3.16. The van der Waals surface area contributed by atoms with Gasteiger partial charge in [-0.25, -0.2) is 8.42 Å². The average molecular weight is 310 g/mol. The smallest absolute Gasteiger partial charge is 0.211 e. The highest BCUT2D eigenvalue weighted by Gasteiger charge is 2.41. The maximum atomic E-state index is 12.1. The molecule has 1 heterocycles. The molecule has 0 aromatic heterocycles. The molecule has 0 aliphatic carbocycles. The van der Waals surface area contributed by atoms with Gasteiger partial charge in [-0.1, -0.05) is 30.3 Å². The molecule has 2 rings (SSSR count). The first kappa shape index (κ1) is 16.5. The minimum absolute atomic E-state index is 0.0230. The monoisotopic (exact) mass is 310 g/mol. The highest BCUT2D eigenvalue weighted by atomic mass is 32.2. The van der Waals surface area contributed by atoms with Crippen molar-refractivity contribution in [3.63, 3.8) is 0 Å². The van der Waals surface area contributed by atoms with Crippen LogP contribution in [0.5, 0.6) is 0 Å². The predicted octanol–water partition coefficient (Wildman–Crippen LogP) is 1.97. The van der Waals surface area contributed by atoms with Gasteiger partial charge in [0.15, 0.2) is 0 Å². The van der Waals surface area contributed by atoms with E-state index in [1.807, 2.05) is 18.2 Å². The summed E-state index contributed by atoms with van der Waals surface area (Å²) >= 11 is 0. The first-order valence-corrected chi connectivity index (χ1v) is 9.38. The van der Waals surface area contributed by atoms with Crippen molar-refractivity contribution in [1.82, 2.24) is 9.21 Å². The molecule has 2 atom stereocenters. The second-order valence-electron chi connectivity index (χ2n) is 6.25. The second-order valence-corrected chi connectivity index (χ2v) is 8.18. The zero-order valence-corrected chi connectivity index (χ0v) is 14.2. The van der Waals surface area contributed by atoms with E-state index in [0.29, 0.717) is 12.6 Å². The highest BCUT2D eigenvalue weighted by molar-refractivity contribution is 7.88. The number of sulfonamides is 1.